The van der Waals surface area contributed by atoms with Crippen LogP contribution in [0.4, 0.5) is 66.1 Å². The Hall–Kier alpha value is -6.59. The molecule has 2 aromatic heterocycles. The maximum atomic E-state index is 13.3. The van der Waals surface area contributed by atoms with Crippen molar-refractivity contribution in [1.82, 2.24) is 15.3 Å². The summed E-state index contributed by atoms with van der Waals surface area (Å²) >= 11 is 6.07. The summed E-state index contributed by atoms with van der Waals surface area (Å²) in [5, 5.41) is 10.6. The Kier molecular flexibility index (Phi) is 31.4. The van der Waals surface area contributed by atoms with Crippen molar-refractivity contribution in [1.29, 1.82) is 0 Å². The number of carbonyl (C=O) groups excluding carboxylic acids is 1. The molecule has 0 saturated carbocycles. The van der Waals surface area contributed by atoms with Crippen LogP contribution in [0.25, 0.3) is 11.3 Å². The van der Waals surface area contributed by atoms with Crippen molar-refractivity contribution >= 4 is 75.2 Å². The topological polar surface area (TPSA) is 170 Å². The highest BCUT2D eigenvalue weighted by Crippen LogP contribution is 2.38. The van der Waals surface area contributed by atoms with Gasteiger partial charge in [0.25, 0.3) is 12.3 Å². The lowest BCUT2D eigenvalue weighted by molar-refractivity contribution is -0.143. The molecule has 0 unspecified atom stereocenters. The number of anilines is 3. The number of thioether (sulfide) groups is 1. The lowest BCUT2D eigenvalue weighted by atomic mass is 10.1. The van der Waals surface area contributed by atoms with E-state index in [0.717, 1.165) is 47.1 Å². The molecular formula is C48H55F10N9OS3. The first kappa shape index (κ1) is 64.4. The summed E-state index contributed by atoms with van der Waals surface area (Å²) in [6.07, 6.45) is -1.20. The number of amides is 1. The Morgan fingerprint density at radius 2 is 1.58 bits per heavy atom. The molecule has 0 fully saturated rings. The highest BCUT2D eigenvalue weighted by molar-refractivity contribution is 8.16. The summed E-state index contributed by atoms with van der Waals surface area (Å²) in [5.41, 5.74) is 17.4. The molecule has 0 saturated heterocycles. The average Bonchev–Trinajstić information content (AvgIpc) is 3.65. The second-order valence-electron chi connectivity index (χ2n) is 12.6. The molecule has 386 valence electrons. The fourth-order valence-corrected chi connectivity index (χ4v) is 6.05. The van der Waals surface area contributed by atoms with Gasteiger partial charge in [0, 0.05) is 71.4 Å². The predicted octanol–water partition coefficient (Wildman–Crippen LogP) is 14.9. The zero-order valence-electron chi connectivity index (χ0n) is 39.3. The molecule has 3 heterocycles. The third kappa shape index (κ3) is 24.7. The number of hydrogen-bond donors (Lipinski definition) is 6. The number of thiol groups is 1. The van der Waals surface area contributed by atoms with Crippen LogP contribution in [0.15, 0.2) is 148 Å². The van der Waals surface area contributed by atoms with E-state index < -0.39 is 47.0 Å². The fraction of sp³-hybridized carbons (Fsp3) is 0.229. The van der Waals surface area contributed by atoms with Crippen molar-refractivity contribution in [3.63, 3.8) is 0 Å². The Balaban J connectivity index is 0.000000919. The van der Waals surface area contributed by atoms with Crippen LogP contribution >= 0.6 is 35.7 Å². The molecule has 3 aromatic carbocycles. The average molecular weight is 1060 g/mol. The molecule has 8 N–H and O–H groups in total. The number of nitrogens with one attached hydrogen (secondary N) is 2. The number of rotatable bonds is 9. The summed E-state index contributed by atoms with van der Waals surface area (Å²) < 4.78 is 123. The second kappa shape index (κ2) is 34.7. The fourth-order valence-electron chi connectivity index (χ4n) is 4.82. The first-order valence-corrected chi connectivity index (χ1v) is 23.1. The van der Waals surface area contributed by atoms with Crippen molar-refractivity contribution in [3.05, 3.63) is 166 Å². The first-order valence-electron chi connectivity index (χ1n) is 20.9. The molecule has 0 atom stereocenters. The molecule has 71 heavy (non-hydrogen) atoms. The van der Waals surface area contributed by atoms with Crippen molar-refractivity contribution in [2.45, 2.75) is 59.8 Å². The van der Waals surface area contributed by atoms with E-state index in [4.69, 9.17) is 17.2 Å². The van der Waals surface area contributed by atoms with Crippen LogP contribution in [0.1, 0.15) is 74.5 Å². The van der Waals surface area contributed by atoms with E-state index in [1.807, 2.05) is 64.4 Å². The van der Waals surface area contributed by atoms with Gasteiger partial charge in [-0.25, -0.2) is 23.1 Å². The minimum Gasteiger partial charge on any atom is -0.399 e. The van der Waals surface area contributed by atoms with Gasteiger partial charge in [0.2, 0.25) is 0 Å². The summed E-state index contributed by atoms with van der Waals surface area (Å²) in [4.78, 5) is 27.0. The van der Waals surface area contributed by atoms with Crippen molar-refractivity contribution < 1.29 is 48.7 Å². The molecule has 1 amide bonds. The number of allylic oxidation sites excluding steroid dienone is 3. The van der Waals surface area contributed by atoms with Gasteiger partial charge in [-0.15, -0.1) is 24.0 Å². The predicted molar refractivity (Wildman–Crippen MR) is 276 cm³/mol. The normalized spacial score (nSPS) is 11.8. The molecule has 0 bridgehead atoms. The summed E-state index contributed by atoms with van der Waals surface area (Å²) in [6, 6.07) is 15.0. The smallest absolute Gasteiger partial charge is 0.399 e. The lowest BCUT2D eigenvalue weighted by Crippen LogP contribution is -2.22. The van der Waals surface area contributed by atoms with Crippen LogP contribution in [0.3, 0.4) is 0 Å². The van der Waals surface area contributed by atoms with Crippen LogP contribution in [0, 0.1) is 5.82 Å². The van der Waals surface area contributed by atoms with Crippen LogP contribution in [-0.4, -0.2) is 41.0 Å². The van der Waals surface area contributed by atoms with Gasteiger partial charge in [-0.3, -0.25) is 19.2 Å². The molecule has 6 rings (SSSR count). The van der Waals surface area contributed by atoms with E-state index in [0.29, 0.717) is 53.6 Å². The Bertz CT molecular complexity index is 2460. The van der Waals surface area contributed by atoms with Crippen LogP contribution < -0.4 is 27.8 Å². The maximum Gasteiger partial charge on any atom is 0.416 e. The molecule has 1 aliphatic heterocycles. The van der Waals surface area contributed by atoms with E-state index >= 15 is 0 Å². The van der Waals surface area contributed by atoms with Gasteiger partial charge in [-0.1, -0.05) is 52.1 Å². The summed E-state index contributed by atoms with van der Waals surface area (Å²) in [5.74, 6) is -0.978. The lowest BCUT2D eigenvalue weighted by Gasteiger charge is -2.12. The first-order chi connectivity index (χ1) is 33.7. The minimum absolute atomic E-state index is 0.0237. The number of nitrogens with two attached hydrogens (primary N) is 3. The van der Waals surface area contributed by atoms with Gasteiger partial charge in [0.1, 0.15) is 5.82 Å². The second-order valence-corrected chi connectivity index (χ2v) is 14.7. The minimum atomic E-state index is -4.91. The SMILES string of the molecule is C=CSC(N)=Nc1cc(C(F)(F)F)cc(C(F)(F)F)c1.CC.CC.CCNC(=O)c1ccc(N)cc1.CF.Fc1ccc(Nc2nc(-c3cccnc3)cs2)cc1C(F)F.N/C(=C\S)C1=CC=CN=CC1. The van der Waals surface area contributed by atoms with Gasteiger partial charge in [-0.05, 0) is 102 Å². The Morgan fingerprint density at radius 3 is 2.10 bits per heavy atom. The van der Waals surface area contributed by atoms with Gasteiger partial charge in [-0.2, -0.15) is 26.3 Å². The zero-order chi connectivity index (χ0) is 54.2. The highest BCUT2D eigenvalue weighted by Gasteiger charge is 2.37. The van der Waals surface area contributed by atoms with Crippen molar-refractivity contribution in [2.75, 3.05) is 24.8 Å². The van der Waals surface area contributed by atoms with E-state index in [-0.39, 0.29) is 17.1 Å². The molecule has 10 nitrogen and oxygen atoms in total. The Morgan fingerprint density at radius 1 is 0.958 bits per heavy atom. The van der Waals surface area contributed by atoms with Gasteiger partial charge >= 0.3 is 12.4 Å². The number of pyridine rings is 1. The number of benzene rings is 3. The molecule has 0 spiro atoms. The number of aromatic nitrogens is 2. The third-order valence-corrected chi connectivity index (χ3v) is 9.40. The van der Waals surface area contributed by atoms with Crippen LogP contribution in [0.2, 0.25) is 0 Å². The third-order valence-electron chi connectivity index (χ3n) is 7.87. The summed E-state index contributed by atoms with van der Waals surface area (Å²) in [7, 11) is 0.500. The van der Waals surface area contributed by atoms with E-state index in [2.05, 4.69) is 49.8 Å². The Labute approximate surface area is 420 Å². The highest BCUT2D eigenvalue weighted by atomic mass is 32.2. The van der Waals surface area contributed by atoms with Gasteiger partial charge in [0.15, 0.2) is 10.3 Å². The standard InChI is InChI=1S/C15H10F3N3S.C11H8F6N2S.C9H12N2O.C8H10N2S.2C2H6.CH3F/c16-12-4-3-10(6-11(12)14(17)18)20-15-21-13(8-22-15)9-2-1-5-19-7-9;1-2-20-9(18)19-8-4-6(10(12,13)14)3-7(5-8)11(15,16)17;1-2-11-9(12)7-3-5-8(10)6-4-7;9-8(6-11)7-2-1-4-10-5-3-7;3*1-2/h1-8,14H,(H,20,21);2-5H,1H2,(H2,18,19);3-6H,2,10H2,1H3,(H,11,12);1-2,4-6,11H,3,9H2;2*1-2H3;1H3/b;;;8-6-;;;. The van der Waals surface area contributed by atoms with Crippen molar-refractivity contribution in [2.24, 2.45) is 21.5 Å². The molecule has 0 aliphatic carbocycles. The quantitative estimate of drug-likeness (QED) is 0.0279. The number of nitrogens with zero attached hydrogens (tertiary/aromatic N) is 4. The number of thiazole rings is 1. The van der Waals surface area contributed by atoms with E-state index in [1.54, 1.807) is 54.3 Å². The van der Waals surface area contributed by atoms with Gasteiger partial charge < -0.3 is 27.8 Å². The number of nitrogen functional groups attached to an aromatic ring is 1. The number of halogens is 10. The molecule has 23 heteroatoms. The molecule has 0 radical (unpaired) electrons. The summed E-state index contributed by atoms with van der Waals surface area (Å²) in [6.45, 7) is 13.8. The zero-order valence-corrected chi connectivity index (χ0v) is 41.8. The molecule has 5 aromatic rings. The number of aliphatic imine (C=N–C) groups is 2. The number of alkyl halides is 9. The monoisotopic (exact) mass is 1060 g/mol. The number of amidine groups is 1. The van der Waals surface area contributed by atoms with Gasteiger partial charge in [0.05, 0.1) is 35.2 Å². The number of hydrogen-bond acceptors (Lipinski definition) is 11. The number of carbonyl (C=O) groups is 1. The van der Waals surface area contributed by atoms with Crippen molar-refractivity contribution in [3.8, 4) is 11.3 Å². The largest absolute Gasteiger partial charge is 0.416 e. The maximum absolute atomic E-state index is 13.3. The molecular weight excluding hydrogens is 1000 g/mol. The van der Waals surface area contributed by atoms with Crippen LogP contribution in [0.5, 0.6) is 0 Å². The molecule has 1 aliphatic rings. The van der Waals surface area contributed by atoms with E-state index in [9.17, 15) is 48.7 Å². The van der Waals surface area contributed by atoms with Crippen LogP contribution in [-0.2, 0) is 12.4 Å². The van der Waals surface area contributed by atoms with E-state index in [1.165, 1.54) is 22.8 Å².